The van der Waals surface area contributed by atoms with Crippen LogP contribution in [0.4, 0.5) is 10.5 Å². The van der Waals surface area contributed by atoms with Crippen LogP contribution >= 0.6 is 0 Å². The summed E-state index contributed by atoms with van der Waals surface area (Å²) in [5, 5.41) is 6.06. The molecule has 2 rings (SSSR count). The standard InChI is InChI=1S/C28H47N3O8/c1-28(2,3)39-27(33)30-25(26(32)31-12-5-6-13-31)23-7-9-24(10-8-23)29-11-14-35-17-18-37-21-22-38-20-19-36-16-15-34-4/h7-10,25,29H,5-6,11-22H2,1-4H3,(H,30,33)/t25-/m0/s1. The van der Waals surface area contributed by atoms with Crippen molar-refractivity contribution in [1.82, 2.24) is 10.2 Å². The van der Waals surface area contributed by atoms with E-state index in [-0.39, 0.29) is 5.91 Å². The SMILES string of the molecule is COCCOCCOCCOCCOCCNc1ccc([C@H](NC(=O)OC(C)(C)C)C(=O)N2CCCC2)cc1. The lowest BCUT2D eigenvalue weighted by atomic mass is 10.1. The van der Waals surface area contributed by atoms with Gasteiger partial charge in [-0.25, -0.2) is 4.79 Å². The highest BCUT2D eigenvalue weighted by molar-refractivity contribution is 5.87. The van der Waals surface area contributed by atoms with E-state index in [1.807, 2.05) is 24.3 Å². The third kappa shape index (κ3) is 14.5. The summed E-state index contributed by atoms with van der Waals surface area (Å²) < 4.78 is 32.1. The summed E-state index contributed by atoms with van der Waals surface area (Å²) in [5.41, 5.74) is 0.951. The van der Waals surface area contributed by atoms with E-state index < -0.39 is 17.7 Å². The number of nitrogens with one attached hydrogen (secondary N) is 2. The molecule has 39 heavy (non-hydrogen) atoms. The van der Waals surface area contributed by atoms with Crippen LogP contribution in [0.25, 0.3) is 0 Å². The molecule has 1 fully saturated rings. The smallest absolute Gasteiger partial charge is 0.408 e. The van der Waals surface area contributed by atoms with Gasteiger partial charge >= 0.3 is 6.09 Å². The van der Waals surface area contributed by atoms with E-state index in [1.165, 1.54) is 0 Å². The first-order chi connectivity index (χ1) is 18.8. The molecule has 0 aromatic heterocycles. The molecular weight excluding hydrogens is 506 g/mol. The second kappa shape index (κ2) is 18.8. The van der Waals surface area contributed by atoms with Crippen molar-refractivity contribution in [2.24, 2.45) is 0 Å². The van der Waals surface area contributed by atoms with E-state index >= 15 is 0 Å². The number of alkyl carbamates (subject to hydrolysis) is 1. The Bertz CT molecular complexity index is 810. The topological polar surface area (TPSA) is 117 Å². The Hall–Kier alpha value is -2.44. The van der Waals surface area contributed by atoms with Crippen molar-refractivity contribution < 1.29 is 38.0 Å². The van der Waals surface area contributed by atoms with Gasteiger partial charge in [-0.15, -0.1) is 0 Å². The summed E-state index contributed by atoms with van der Waals surface area (Å²) >= 11 is 0. The molecular formula is C28H47N3O8. The van der Waals surface area contributed by atoms with E-state index in [2.05, 4.69) is 10.6 Å². The molecule has 1 aromatic rings. The molecule has 222 valence electrons. The zero-order chi connectivity index (χ0) is 28.3. The van der Waals surface area contributed by atoms with Crippen LogP contribution in [0.15, 0.2) is 24.3 Å². The number of methoxy groups -OCH3 is 1. The third-order valence-electron chi connectivity index (χ3n) is 5.69. The number of benzene rings is 1. The van der Waals surface area contributed by atoms with E-state index in [0.717, 1.165) is 18.5 Å². The zero-order valence-corrected chi connectivity index (χ0v) is 24.0. The van der Waals surface area contributed by atoms with Gasteiger partial charge in [-0.3, -0.25) is 4.79 Å². The molecule has 2 amide bonds. The number of hydrogen-bond acceptors (Lipinski definition) is 9. The normalized spacial score (nSPS) is 14.3. The molecule has 1 aromatic carbocycles. The summed E-state index contributed by atoms with van der Waals surface area (Å²) in [6.45, 7) is 12.2. The fourth-order valence-corrected chi connectivity index (χ4v) is 3.80. The van der Waals surface area contributed by atoms with Gasteiger partial charge in [-0.2, -0.15) is 0 Å². The summed E-state index contributed by atoms with van der Waals surface area (Å²) in [4.78, 5) is 27.4. The lowest BCUT2D eigenvalue weighted by molar-refractivity contribution is -0.132. The average molecular weight is 554 g/mol. The monoisotopic (exact) mass is 553 g/mol. The highest BCUT2D eigenvalue weighted by Crippen LogP contribution is 2.22. The second-order valence-corrected chi connectivity index (χ2v) is 10.1. The predicted molar refractivity (Wildman–Crippen MR) is 148 cm³/mol. The van der Waals surface area contributed by atoms with Crippen molar-refractivity contribution in [3.63, 3.8) is 0 Å². The van der Waals surface area contributed by atoms with Crippen LogP contribution in [-0.2, 0) is 33.2 Å². The minimum absolute atomic E-state index is 0.117. The van der Waals surface area contributed by atoms with E-state index in [1.54, 1.807) is 32.8 Å². The number of likely N-dealkylation sites (tertiary alicyclic amines) is 1. The van der Waals surface area contributed by atoms with Crippen LogP contribution in [0.3, 0.4) is 0 Å². The van der Waals surface area contributed by atoms with Crippen LogP contribution in [0, 0.1) is 0 Å². The van der Waals surface area contributed by atoms with Crippen LogP contribution in [0.1, 0.15) is 45.2 Å². The van der Waals surface area contributed by atoms with Crippen molar-refractivity contribution in [1.29, 1.82) is 0 Å². The Balaban J connectivity index is 1.64. The molecule has 11 nitrogen and oxygen atoms in total. The number of rotatable bonds is 19. The molecule has 11 heteroatoms. The zero-order valence-electron chi connectivity index (χ0n) is 24.0. The van der Waals surface area contributed by atoms with Crippen molar-refractivity contribution >= 4 is 17.7 Å². The number of carbonyl (C=O) groups is 2. The molecule has 0 spiro atoms. The molecule has 2 N–H and O–H groups in total. The van der Waals surface area contributed by atoms with Gasteiger partial charge in [-0.05, 0) is 51.3 Å². The Morgan fingerprint density at radius 1 is 0.821 bits per heavy atom. The van der Waals surface area contributed by atoms with Gasteiger partial charge in [0.25, 0.3) is 0 Å². The fourth-order valence-electron chi connectivity index (χ4n) is 3.80. The first kappa shape index (κ1) is 32.8. The Morgan fingerprint density at radius 3 is 1.85 bits per heavy atom. The number of anilines is 1. The second-order valence-electron chi connectivity index (χ2n) is 10.1. The van der Waals surface area contributed by atoms with E-state index in [0.29, 0.717) is 84.7 Å². The summed E-state index contributed by atoms with van der Waals surface area (Å²) in [6.07, 6.45) is 1.34. The maximum absolute atomic E-state index is 13.2. The fraction of sp³-hybridized carbons (Fsp3) is 0.714. The molecule has 0 bridgehead atoms. The Kier molecular flexibility index (Phi) is 15.8. The molecule has 0 saturated carbocycles. The van der Waals surface area contributed by atoms with Crippen LogP contribution < -0.4 is 10.6 Å². The number of amides is 2. The maximum atomic E-state index is 13.2. The minimum atomic E-state index is -0.796. The number of ether oxygens (including phenoxy) is 6. The van der Waals surface area contributed by atoms with E-state index in [4.69, 9.17) is 28.4 Å². The molecule has 1 heterocycles. The van der Waals surface area contributed by atoms with Gasteiger partial charge in [0.05, 0.1) is 59.5 Å². The molecule has 0 unspecified atom stereocenters. The van der Waals surface area contributed by atoms with Gasteiger partial charge < -0.3 is 44.0 Å². The highest BCUT2D eigenvalue weighted by Gasteiger charge is 2.30. The molecule has 1 saturated heterocycles. The quantitative estimate of drug-likeness (QED) is 0.249. The average Bonchev–Trinajstić information content (AvgIpc) is 3.44. The van der Waals surface area contributed by atoms with Crippen LogP contribution in [0.2, 0.25) is 0 Å². The maximum Gasteiger partial charge on any atom is 0.408 e. The number of carbonyl (C=O) groups excluding carboxylic acids is 2. The van der Waals surface area contributed by atoms with Crippen molar-refractivity contribution in [3.05, 3.63) is 29.8 Å². The number of hydrogen-bond donors (Lipinski definition) is 2. The molecule has 1 atom stereocenters. The van der Waals surface area contributed by atoms with Crippen LogP contribution in [-0.4, -0.2) is 109 Å². The van der Waals surface area contributed by atoms with Crippen molar-refractivity contribution in [3.8, 4) is 0 Å². The van der Waals surface area contributed by atoms with Crippen molar-refractivity contribution in [2.75, 3.05) is 91.5 Å². The Morgan fingerprint density at radius 2 is 1.33 bits per heavy atom. The largest absolute Gasteiger partial charge is 0.444 e. The third-order valence-corrected chi connectivity index (χ3v) is 5.69. The van der Waals surface area contributed by atoms with Gasteiger partial charge in [0.2, 0.25) is 5.91 Å². The number of nitrogens with zero attached hydrogens (tertiary/aromatic N) is 1. The van der Waals surface area contributed by atoms with Gasteiger partial charge in [0.15, 0.2) is 0 Å². The minimum Gasteiger partial charge on any atom is -0.444 e. The molecule has 0 radical (unpaired) electrons. The first-order valence-corrected chi connectivity index (χ1v) is 13.7. The van der Waals surface area contributed by atoms with Gasteiger partial charge in [0, 0.05) is 32.4 Å². The molecule has 1 aliphatic rings. The van der Waals surface area contributed by atoms with Gasteiger partial charge in [-0.1, -0.05) is 12.1 Å². The molecule has 0 aliphatic carbocycles. The summed E-state index contributed by atoms with van der Waals surface area (Å²) in [5.74, 6) is -0.117. The highest BCUT2D eigenvalue weighted by atomic mass is 16.6. The van der Waals surface area contributed by atoms with E-state index in [9.17, 15) is 9.59 Å². The summed E-state index contributed by atoms with van der Waals surface area (Å²) in [7, 11) is 1.64. The van der Waals surface area contributed by atoms with Crippen molar-refractivity contribution in [2.45, 2.75) is 45.3 Å². The molecule has 1 aliphatic heterocycles. The van der Waals surface area contributed by atoms with Crippen LogP contribution in [0.5, 0.6) is 0 Å². The van der Waals surface area contributed by atoms with Gasteiger partial charge in [0.1, 0.15) is 11.6 Å². The lowest BCUT2D eigenvalue weighted by Crippen LogP contribution is -2.43. The Labute approximate surface area is 232 Å². The lowest BCUT2D eigenvalue weighted by Gasteiger charge is -2.26. The predicted octanol–water partition coefficient (Wildman–Crippen LogP) is 3.00. The first-order valence-electron chi connectivity index (χ1n) is 13.7. The summed E-state index contributed by atoms with van der Waals surface area (Å²) in [6, 6.07) is 6.68.